The third-order valence-electron chi connectivity index (χ3n) is 5.21. The van der Waals surface area contributed by atoms with Crippen LogP contribution in [0.25, 0.3) is 0 Å². The highest BCUT2D eigenvalue weighted by Crippen LogP contribution is 2.47. The highest BCUT2D eigenvalue weighted by molar-refractivity contribution is 5.30. The van der Waals surface area contributed by atoms with Gasteiger partial charge in [0.2, 0.25) is 0 Å². The SMILES string of the molecule is CNC(c1c(F)ccc(C)c1F)C1CCOC2(CCC2)C1. The first kappa shape index (κ1) is 14.9. The minimum atomic E-state index is -0.452. The molecule has 1 spiro atoms. The molecule has 1 saturated carbocycles. The van der Waals surface area contributed by atoms with E-state index in [1.807, 2.05) is 0 Å². The van der Waals surface area contributed by atoms with Crippen molar-refractivity contribution in [3.8, 4) is 0 Å². The van der Waals surface area contributed by atoms with Crippen molar-refractivity contribution in [3.63, 3.8) is 0 Å². The average molecular weight is 295 g/mol. The molecular weight excluding hydrogens is 272 g/mol. The van der Waals surface area contributed by atoms with Crippen LogP contribution in [0.1, 0.15) is 49.3 Å². The number of aryl methyl sites for hydroxylation is 1. The molecule has 116 valence electrons. The van der Waals surface area contributed by atoms with Crippen molar-refractivity contribution in [1.82, 2.24) is 5.32 Å². The Hall–Kier alpha value is -1.00. The second kappa shape index (κ2) is 5.65. The largest absolute Gasteiger partial charge is 0.375 e. The van der Waals surface area contributed by atoms with E-state index in [2.05, 4.69) is 5.32 Å². The van der Waals surface area contributed by atoms with Crippen LogP contribution >= 0.6 is 0 Å². The lowest BCUT2D eigenvalue weighted by Gasteiger charge is -2.48. The Balaban J connectivity index is 1.90. The van der Waals surface area contributed by atoms with Crippen LogP contribution in [0.5, 0.6) is 0 Å². The molecule has 2 aliphatic rings. The van der Waals surface area contributed by atoms with E-state index < -0.39 is 11.6 Å². The number of ether oxygens (including phenoxy) is 1. The van der Waals surface area contributed by atoms with E-state index in [1.165, 1.54) is 18.6 Å². The van der Waals surface area contributed by atoms with Gasteiger partial charge in [-0.1, -0.05) is 6.07 Å². The van der Waals surface area contributed by atoms with Gasteiger partial charge < -0.3 is 10.1 Å². The fourth-order valence-electron chi connectivity index (χ4n) is 3.85. The van der Waals surface area contributed by atoms with Crippen LogP contribution in [-0.2, 0) is 4.74 Å². The Labute approximate surface area is 124 Å². The number of nitrogens with one attached hydrogen (secondary N) is 1. The van der Waals surface area contributed by atoms with Gasteiger partial charge >= 0.3 is 0 Å². The van der Waals surface area contributed by atoms with Gasteiger partial charge in [0.1, 0.15) is 11.6 Å². The molecule has 2 unspecified atom stereocenters. The lowest BCUT2D eigenvalue weighted by atomic mass is 9.69. The van der Waals surface area contributed by atoms with E-state index in [-0.39, 0.29) is 23.1 Å². The topological polar surface area (TPSA) is 21.3 Å². The molecular formula is C17H23F2NO. The van der Waals surface area contributed by atoms with E-state index in [4.69, 9.17) is 4.74 Å². The van der Waals surface area contributed by atoms with E-state index in [0.29, 0.717) is 12.2 Å². The van der Waals surface area contributed by atoms with Gasteiger partial charge in [-0.15, -0.1) is 0 Å². The van der Waals surface area contributed by atoms with E-state index in [9.17, 15) is 8.78 Å². The molecule has 1 aliphatic heterocycles. The van der Waals surface area contributed by atoms with Crippen molar-refractivity contribution >= 4 is 0 Å². The van der Waals surface area contributed by atoms with Gasteiger partial charge in [0.25, 0.3) is 0 Å². The highest BCUT2D eigenvalue weighted by atomic mass is 19.1. The zero-order valence-electron chi connectivity index (χ0n) is 12.7. The number of hydrogen-bond donors (Lipinski definition) is 1. The van der Waals surface area contributed by atoms with Gasteiger partial charge in [-0.2, -0.15) is 0 Å². The normalized spacial score (nSPS) is 25.6. The molecule has 2 fully saturated rings. The zero-order chi connectivity index (χ0) is 15.0. The molecule has 1 aliphatic carbocycles. The molecule has 1 aromatic carbocycles. The van der Waals surface area contributed by atoms with Gasteiger partial charge in [0.05, 0.1) is 5.60 Å². The molecule has 1 heterocycles. The maximum Gasteiger partial charge on any atom is 0.133 e. The van der Waals surface area contributed by atoms with Crippen molar-refractivity contribution in [2.24, 2.45) is 5.92 Å². The molecule has 4 heteroatoms. The Bertz CT molecular complexity index is 528. The third kappa shape index (κ3) is 2.59. The van der Waals surface area contributed by atoms with Crippen molar-refractivity contribution in [2.45, 2.75) is 50.7 Å². The van der Waals surface area contributed by atoms with E-state index in [0.717, 1.165) is 25.7 Å². The van der Waals surface area contributed by atoms with Crippen LogP contribution in [0, 0.1) is 24.5 Å². The van der Waals surface area contributed by atoms with Crippen LogP contribution in [0.4, 0.5) is 8.78 Å². The molecule has 3 rings (SSSR count). The summed E-state index contributed by atoms with van der Waals surface area (Å²) in [6, 6.07) is 2.58. The molecule has 1 N–H and O–H groups in total. The summed E-state index contributed by atoms with van der Waals surface area (Å²) in [7, 11) is 1.79. The van der Waals surface area contributed by atoms with Crippen LogP contribution in [0.2, 0.25) is 0 Å². The molecule has 1 aromatic rings. The first-order chi connectivity index (χ1) is 10.1. The molecule has 2 nitrogen and oxygen atoms in total. The first-order valence-electron chi connectivity index (χ1n) is 7.82. The summed E-state index contributed by atoms with van der Waals surface area (Å²) >= 11 is 0. The van der Waals surface area contributed by atoms with Crippen molar-refractivity contribution in [1.29, 1.82) is 0 Å². The van der Waals surface area contributed by atoms with Gasteiger partial charge in [-0.05, 0) is 63.6 Å². The average Bonchev–Trinajstić information content (AvgIpc) is 2.46. The molecule has 21 heavy (non-hydrogen) atoms. The van der Waals surface area contributed by atoms with E-state index >= 15 is 0 Å². The van der Waals surface area contributed by atoms with Crippen LogP contribution in [0.3, 0.4) is 0 Å². The molecule has 0 radical (unpaired) electrons. The first-order valence-corrected chi connectivity index (χ1v) is 7.82. The standard InChI is InChI=1S/C17H23F2NO/c1-11-4-5-13(18)14(15(11)19)16(20-2)12-6-9-21-17(10-12)7-3-8-17/h4-5,12,16,20H,3,6-10H2,1-2H3. The van der Waals surface area contributed by atoms with Gasteiger partial charge in [0.15, 0.2) is 0 Å². The van der Waals surface area contributed by atoms with Gasteiger partial charge in [-0.3, -0.25) is 0 Å². The molecule has 0 aromatic heterocycles. The van der Waals surface area contributed by atoms with Crippen molar-refractivity contribution in [2.75, 3.05) is 13.7 Å². The molecule has 0 bridgehead atoms. The number of halogens is 2. The second-order valence-electron chi connectivity index (χ2n) is 6.50. The van der Waals surface area contributed by atoms with E-state index in [1.54, 1.807) is 14.0 Å². The van der Waals surface area contributed by atoms with Crippen molar-refractivity contribution in [3.05, 3.63) is 34.9 Å². The summed E-state index contributed by atoms with van der Waals surface area (Å²) in [6.07, 6.45) is 5.10. The minimum absolute atomic E-state index is 0.0191. The number of benzene rings is 1. The summed E-state index contributed by atoms with van der Waals surface area (Å²) in [5, 5.41) is 3.15. The zero-order valence-corrected chi connectivity index (χ0v) is 12.7. The Morgan fingerprint density at radius 2 is 2.10 bits per heavy atom. The lowest BCUT2D eigenvalue weighted by Crippen LogP contribution is -2.48. The Morgan fingerprint density at radius 3 is 2.71 bits per heavy atom. The highest BCUT2D eigenvalue weighted by Gasteiger charge is 2.45. The fraction of sp³-hybridized carbons (Fsp3) is 0.647. The Morgan fingerprint density at radius 1 is 1.33 bits per heavy atom. The van der Waals surface area contributed by atoms with Crippen LogP contribution < -0.4 is 5.32 Å². The summed E-state index contributed by atoms with van der Waals surface area (Å²) < 4.78 is 34.6. The third-order valence-corrected chi connectivity index (χ3v) is 5.21. The van der Waals surface area contributed by atoms with Crippen molar-refractivity contribution < 1.29 is 13.5 Å². The Kier molecular flexibility index (Phi) is 4.02. The maximum atomic E-state index is 14.4. The predicted octanol–water partition coefficient (Wildman–Crippen LogP) is 3.88. The molecule has 1 saturated heterocycles. The summed E-state index contributed by atoms with van der Waals surface area (Å²) in [5.74, 6) is -0.648. The second-order valence-corrected chi connectivity index (χ2v) is 6.50. The summed E-state index contributed by atoms with van der Waals surface area (Å²) in [6.45, 7) is 2.38. The van der Waals surface area contributed by atoms with Crippen LogP contribution in [0.15, 0.2) is 12.1 Å². The molecule has 2 atom stereocenters. The maximum absolute atomic E-state index is 14.4. The van der Waals surface area contributed by atoms with Gasteiger partial charge in [-0.25, -0.2) is 8.78 Å². The quantitative estimate of drug-likeness (QED) is 0.913. The lowest BCUT2D eigenvalue weighted by molar-refractivity contribution is -0.147. The monoisotopic (exact) mass is 295 g/mol. The summed E-state index contributed by atoms with van der Waals surface area (Å²) in [5.41, 5.74) is 0.672. The summed E-state index contributed by atoms with van der Waals surface area (Å²) in [4.78, 5) is 0. The smallest absolute Gasteiger partial charge is 0.133 e. The number of rotatable bonds is 3. The number of hydrogen-bond acceptors (Lipinski definition) is 2. The van der Waals surface area contributed by atoms with Gasteiger partial charge in [0, 0.05) is 18.2 Å². The molecule has 0 amide bonds. The predicted molar refractivity (Wildman–Crippen MR) is 78.2 cm³/mol. The van der Waals surface area contributed by atoms with Crippen LogP contribution in [-0.4, -0.2) is 19.3 Å². The minimum Gasteiger partial charge on any atom is -0.375 e. The fourth-order valence-corrected chi connectivity index (χ4v) is 3.85.